The van der Waals surface area contributed by atoms with E-state index in [1.165, 1.54) is 0 Å². The smallest absolute Gasteiger partial charge is 0.438 e. The van der Waals surface area contributed by atoms with Crippen molar-refractivity contribution in [2.75, 3.05) is 0 Å². The summed E-state index contributed by atoms with van der Waals surface area (Å²) in [5.41, 5.74) is -8.73. The Hall–Kier alpha value is -1.28. The van der Waals surface area contributed by atoms with E-state index in [9.17, 15) is 87.6 Å². The molecule has 21 heteroatoms. The van der Waals surface area contributed by atoms with E-state index in [4.69, 9.17) is 0 Å². The molecule has 0 N–H and O–H groups in total. The van der Waals surface area contributed by atoms with Crippen molar-refractivity contribution in [3.63, 3.8) is 0 Å². The quantitative estimate of drug-likeness (QED) is 0.400. The van der Waals surface area contributed by atoms with Crippen LogP contribution in [0.1, 0.15) is 0 Å². The second-order valence-electron chi connectivity index (χ2n) is 4.92. The Morgan fingerprint density at radius 2 is 0.690 bits per heavy atom. The van der Waals surface area contributed by atoms with Crippen molar-refractivity contribution < 1.29 is 87.6 Å². The molecule has 0 heterocycles. The lowest BCUT2D eigenvalue weighted by atomic mass is 9.86. The predicted octanol–water partition coefficient (Wildman–Crippen LogP) is 4.50. The Bertz CT molecular complexity index is 715. The highest BCUT2D eigenvalue weighted by atomic mass is 32.2. The third-order valence-corrected chi connectivity index (χ3v) is 3.96. The number of alkyl halides is 17. The Morgan fingerprint density at radius 1 is 0.448 bits per heavy atom. The number of halogens is 17. The lowest BCUT2D eigenvalue weighted by molar-refractivity contribution is -0.462. The molecule has 0 fully saturated rings. The first-order valence-corrected chi connectivity index (χ1v) is 7.08. The molecular formula is C8F17O3S-. The van der Waals surface area contributed by atoms with Crippen LogP contribution >= 0.6 is 0 Å². The van der Waals surface area contributed by atoms with Crippen LogP contribution in [0, 0.1) is 0 Å². The van der Waals surface area contributed by atoms with Crippen LogP contribution in [-0.4, -0.2) is 59.9 Å². The van der Waals surface area contributed by atoms with Gasteiger partial charge in [-0.05, 0) is 0 Å². The molecule has 0 aromatic carbocycles. The Labute approximate surface area is 146 Å². The molecule has 29 heavy (non-hydrogen) atoms. The van der Waals surface area contributed by atoms with E-state index in [0.29, 0.717) is 0 Å². The topological polar surface area (TPSA) is 57.2 Å². The van der Waals surface area contributed by atoms with Gasteiger partial charge >= 0.3 is 47.0 Å². The van der Waals surface area contributed by atoms with Crippen molar-refractivity contribution in [3.8, 4) is 0 Å². The monoisotopic (exact) mass is 499 g/mol. The van der Waals surface area contributed by atoms with Crippen LogP contribution in [0.4, 0.5) is 74.6 Å². The molecule has 0 radical (unpaired) electrons. The molecule has 0 unspecified atom stereocenters. The average Bonchev–Trinajstić information content (AvgIpc) is 2.41. The fourth-order valence-corrected chi connectivity index (χ4v) is 1.91. The van der Waals surface area contributed by atoms with E-state index in [2.05, 4.69) is 0 Å². The maximum atomic E-state index is 13.1. The van der Waals surface area contributed by atoms with Crippen molar-refractivity contribution in [2.45, 2.75) is 47.0 Å². The summed E-state index contributed by atoms with van der Waals surface area (Å²) >= 11 is 0. The standard InChI is InChI=1S/C8HF17O3S/c9-1(6(18,19)20,7(21,22)23)2(10,11)3(12,13)4(14,15)5(16,17)8(24,25)29(26,27)28/h(H,26,27,28)/p-1. The van der Waals surface area contributed by atoms with Gasteiger partial charge in [-0.15, -0.1) is 0 Å². The molecule has 0 rings (SSSR count). The minimum Gasteiger partial charge on any atom is -0.743 e. The second kappa shape index (κ2) is 6.36. The molecule has 0 spiro atoms. The highest BCUT2D eigenvalue weighted by Crippen LogP contribution is 2.65. The van der Waals surface area contributed by atoms with E-state index >= 15 is 0 Å². The van der Waals surface area contributed by atoms with Crippen LogP contribution in [0.2, 0.25) is 0 Å². The molecule has 0 saturated carbocycles. The molecule has 0 aliphatic rings. The lowest BCUT2D eigenvalue weighted by Crippen LogP contribution is -2.77. The van der Waals surface area contributed by atoms with Crippen LogP contribution in [0.5, 0.6) is 0 Å². The summed E-state index contributed by atoms with van der Waals surface area (Å²) in [5, 5.41) is -7.99. The van der Waals surface area contributed by atoms with Crippen molar-refractivity contribution in [1.82, 2.24) is 0 Å². The highest BCUT2D eigenvalue weighted by molar-refractivity contribution is 7.86. The Kier molecular flexibility index (Phi) is 6.08. The third-order valence-electron chi connectivity index (χ3n) is 3.08. The van der Waals surface area contributed by atoms with Crippen molar-refractivity contribution in [1.29, 1.82) is 0 Å². The highest BCUT2D eigenvalue weighted by Gasteiger charge is 2.97. The number of hydrogen-bond donors (Lipinski definition) is 0. The first-order valence-electron chi connectivity index (χ1n) is 5.67. The fourth-order valence-electron chi connectivity index (χ4n) is 1.47. The summed E-state index contributed by atoms with van der Waals surface area (Å²) in [5.74, 6) is -35.5. The van der Waals surface area contributed by atoms with Gasteiger partial charge < -0.3 is 4.55 Å². The van der Waals surface area contributed by atoms with Crippen LogP contribution in [0.15, 0.2) is 0 Å². The van der Waals surface area contributed by atoms with Crippen molar-refractivity contribution in [3.05, 3.63) is 0 Å². The van der Waals surface area contributed by atoms with E-state index in [1.807, 2.05) is 0 Å². The zero-order valence-corrected chi connectivity index (χ0v) is 12.9. The van der Waals surface area contributed by atoms with Gasteiger partial charge in [-0.1, -0.05) is 0 Å². The molecule has 0 aliphatic heterocycles. The molecule has 0 aromatic rings. The first-order chi connectivity index (χ1) is 12.0. The van der Waals surface area contributed by atoms with Crippen molar-refractivity contribution >= 4 is 10.1 Å². The summed E-state index contributed by atoms with van der Waals surface area (Å²) in [6.45, 7) is 0. The molecule has 0 aromatic heterocycles. The molecule has 3 nitrogen and oxygen atoms in total. The van der Waals surface area contributed by atoms with Crippen LogP contribution < -0.4 is 0 Å². The van der Waals surface area contributed by atoms with E-state index < -0.39 is 57.1 Å². The third kappa shape index (κ3) is 3.26. The fraction of sp³-hybridized carbons (Fsp3) is 1.00. The van der Waals surface area contributed by atoms with Gasteiger partial charge in [0.15, 0.2) is 10.1 Å². The second-order valence-corrected chi connectivity index (χ2v) is 6.34. The lowest BCUT2D eigenvalue weighted by Gasteiger charge is -2.44. The van der Waals surface area contributed by atoms with Gasteiger partial charge in [0, 0.05) is 0 Å². The van der Waals surface area contributed by atoms with E-state index in [-0.39, 0.29) is 0 Å². The van der Waals surface area contributed by atoms with Crippen LogP contribution in [-0.2, 0) is 10.1 Å². The predicted molar refractivity (Wildman–Crippen MR) is 50.4 cm³/mol. The van der Waals surface area contributed by atoms with Gasteiger partial charge in [0.1, 0.15) is 0 Å². The van der Waals surface area contributed by atoms with Gasteiger partial charge in [0.25, 0.3) is 0 Å². The van der Waals surface area contributed by atoms with Gasteiger partial charge in [-0.25, -0.2) is 12.8 Å². The Balaban J connectivity index is 7.12. The average molecular weight is 499 g/mol. The summed E-state index contributed by atoms with van der Waals surface area (Å²) in [7, 11) is -8.17. The van der Waals surface area contributed by atoms with Crippen molar-refractivity contribution in [2.24, 2.45) is 0 Å². The number of hydrogen-bond acceptors (Lipinski definition) is 3. The van der Waals surface area contributed by atoms with Gasteiger partial charge in [0.2, 0.25) is 0 Å². The summed E-state index contributed by atoms with van der Waals surface area (Å²) in [6.07, 6.45) is -16.6. The summed E-state index contributed by atoms with van der Waals surface area (Å²) in [6, 6.07) is 0. The first kappa shape index (κ1) is 27.7. The number of rotatable bonds is 6. The van der Waals surface area contributed by atoms with Gasteiger partial charge in [0.05, 0.1) is 0 Å². The molecule has 0 bridgehead atoms. The SMILES string of the molecule is O=S(=O)([O-])C(F)(F)C(F)(F)C(F)(F)C(F)(F)C(F)(F)C(F)(C(F)(F)F)C(F)(F)F. The molecule has 0 atom stereocenters. The zero-order valence-electron chi connectivity index (χ0n) is 12.1. The maximum Gasteiger partial charge on any atom is 0.438 e. The molecule has 0 saturated heterocycles. The molecular weight excluding hydrogens is 499 g/mol. The van der Waals surface area contributed by atoms with Crippen LogP contribution in [0.3, 0.4) is 0 Å². The van der Waals surface area contributed by atoms with E-state index in [1.54, 1.807) is 0 Å². The summed E-state index contributed by atoms with van der Waals surface area (Å²) < 4.78 is 245. The molecule has 0 aliphatic carbocycles. The zero-order chi connectivity index (χ0) is 24.5. The molecule has 176 valence electrons. The van der Waals surface area contributed by atoms with E-state index in [0.717, 1.165) is 0 Å². The summed E-state index contributed by atoms with van der Waals surface area (Å²) in [4.78, 5) is 0. The van der Waals surface area contributed by atoms with Gasteiger partial charge in [-0.2, -0.15) is 70.2 Å². The minimum atomic E-state index is -9.02. The minimum absolute atomic E-state index is 7.99. The van der Waals surface area contributed by atoms with Gasteiger partial charge in [-0.3, -0.25) is 0 Å². The van der Waals surface area contributed by atoms with Crippen LogP contribution in [0.25, 0.3) is 0 Å². The maximum absolute atomic E-state index is 13.1. The Morgan fingerprint density at radius 3 is 0.897 bits per heavy atom. The molecule has 0 amide bonds. The normalized spacial score (nSPS) is 16.9. The largest absolute Gasteiger partial charge is 0.743 e.